The van der Waals surface area contributed by atoms with E-state index in [0.717, 1.165) is 0 Å². The Morgan fingerprint density at radius 1 is 0.760 bits per heavy atom. The molecule has 0 aliphatic heterocycles. The molecule has 0 rings (SSSR count). The van der Waals surface area contributed by atoms with Crippen LogP contribution in [0.3, 0.4) is 0 Å². The Labute approximate surface area is 148 Å². The van der Waals surface area contributed by atoms with Gasteiger partial charge in [0.05, 0.1) is 13.2 Å². The van der Waals surface area contributed by atoms with Crippen molar-refractivity contribution in [2.75, 3.05) is 13.2 Å². The molecule has 0 aliphatic carbocycles. The Bertz CT molecular complexity index is 446. The molecular formula is C17H28O8. The van der Waals surface area contributed by atoms with Crippen LogP contribution in [0.4, 0.5) is 0 Å². The van der Waals surface area contributed by atoms with Crippen molar-refractivity contribution in [3.8, 4) is 0 Å². The van der Waals surface area contributed by atoms with Crippen molar-refractivity contribution in [1.82, 2.24) is 0 Å². The minimum Gasteiger partial charge on any atom is -0.463 e. The van der Waals surface area contributed by atoms with Gasteiger partial charge in [-0.1, -0.05) is 6.92 Å². The Kier molecular flexibility index (Phi) is 12.1. The predicted octanol–water partition coefficient (Wildman–Crippen LogP) is 1.93. The lowest BCUT2D eigenvalue weighted by Gasteiger charge is -2.14. The van der Waals surface area contributed by atoms with Crippen molar-refractivity contribution in [3.63, 3.8) is 0 Å². The van der Waals surface area contributed by atoms with Gasteiger partial charge in [0.15, 0.2) is 12.2 Å². The van der Waals surface area contributed by atoms with Gasteiger partial charge >= 0.3 is 23.9 Å². The van der Waals surface area contributed by atoms with Crippen LogP contribution in [0.15, 0.2) is 0 Å². The van der Waals surface area contributed by atoms with Crippen LogP contribution in [-0.4, -0.2) is 49.3 Å². The first-order chi connectivity index (χ1) is 11.8. The summed E-state index contributed by atoms with van der Waals surface area (Å²) in [6.07, 6.45) is -0.554. The molecule has 0 saturated carbocycles. The normalized spacial score (nSPS) is 12.6. The average molecular weight is 360 g/mol. The SMILES string of the molecule is CCOC(=O)C(C)OC(=O)CCCCC(=O)OC(CC)C(=O)OCC. The molecule has 0 radical (unpaired) electrons. The van der Waals surface area contributed by atoms with Gasteiger partial charge in [-0.3, -0.25) is 9.59 Å². The molecule has 0 aromatic heterocycles. The molecule has 0 bridgehead atoms. The molecule has 0 aliphatic rings. The van der Waals surface area contributed by atoms with E-state index in [-0.39, 0.29) is 26.1 Å². The van der Waals surface area contributed by atoms with Gasteiger partial charge in [0.1, 0.15) is 0 Å². The number of esters is 4. The van der Waals surface area contributed by atoms with Gasteiger partial charge in [-0.25, -0.2) is 9.59 Å². The van der Waals surface area contributed by atoms with Crippen LogP contribution in [0, 0.1) is 0 Å². The summed E-state index contributed by atoms with van der Waals surface area (Å²) < 4.78 is 19.5. The maximum Gasteiger partial charge on any atom is 0.347 e. The number of ether oxygens (including phenoxy) is 4. The van der Waals surface area contributed by atoms with Gasteiger partial charge in [-0.15, -0.1) is 0 Å². The van der Waals surface area contributed by atoms with Crippen molar-refractivity contribution >= 4 is 23.9 Å². The molecule has 0 aromatic carbocycles. The lowest BCUT2D eigenvalue weighted by Crippen LogP contribution is -2.28. The monoisotopic (exact) mass is 360 g/mol. The molecule has 0 fully saturated rings. The molecule has 0 spiro atoms. The number of rotatable bonds is 12. The first-order valence-electron chi connectivity index (χ1n) is 8.57. The van der Waals surface area contributed by atoms with Crippen molar-refractivity contribution in [2.24, 2.45) is 0 Å². The highest BCUT2D eigenvalue weighted by Gasteiger charge is 2.22. The lowest BCUT2D eigenvalue weighted by molar-refractivity contribution is -0.168. The molecule has 0 saturated heterocycles. The van der Waals surface area contributed by atoms with E-state index < -0.39 is 36.1 Å². The van der Waals surface area contributed by atoms with Gasteiger partial charge in [0.2, 0.25) is 0 Å². The summed E-state index contributed by atoms with van der Waals surface area (Å²) in [7, 11) is 0. The van der Waals surface area contributed by atoms with E-state index in [1.807, 2.05) is 0 Å². The summed E-state index contributed by atoms with van der Waals surface area (Å²) in [6, 6.07) is 0. The maximum atomic E-state index is 11.7. The second-order valence-corrected chi connectivity index (χ2v) is 5.23. The highest BCUT2D eigenvalue weighted by Crippen LogP contribution is 2.08. The number of hydrogen-bond donors (Lipinski definition) is 0. The Balaban J connectivity index is 3.99. The first-order valence-corrected chi connectivity index (χ1v) is 8.57. The number of unbranched alkanes of at least 4 members (excludes halogenated alkanes) is 1. The summed E-state index contributed by atoms with van der Waals surface area (Å²) in [5.74, 6) is -2.21. The summed E-state index contributed by atoms with van der Waals surface area (Å²) in [4.78, 5) is 46.1. The second-order valence-electron chi connectivity index (χ2n) is 5.23. The fraction of sp³-hybridized carbons (Fsp3) is 0.765. The zero-order valence-electron chi connectivity index (χ0n) is 15.4. The molecule has 2 atom stereocenters. The smallest absolute Gasteiger partial charge is 0.347 e. The largest absolute Gasteiger partial charge is 0.463 e. The molecule has 25 heavy (non-hydrogen) atoms. The van der Waals surface area contributed by atoms with Gasteiger partial charge in [0.25, 0.3) is 0 Å². The molecule has 2 unspecified atom stereocenters. The fourth-order valence-corrected chi connectivity index (χ4v) is 1.85. The molecule has 0 N–H and O–H groups in total. The van der Waals surface area contributed by atoms with Crippen LogP contribution in [0.5, 0.6) is 0 Å². The molecule has 144 valence electrons. The van der Waals surface area contributed by atoms with Crippen LogP contribution in [0.2, 0.25) is 0 Å². The summed E-state index contributed by atoms with van der Waals surface area (Å²) in [5, 5.41) is 0. The third-order valence-corrected chi connectivity index (χ3v) is 3.13. The third-order valence-electron chi connectivity index (χ3n) is 3.13. The Morgan fingerprint density at radius 2 is 1.24 bits per heavy atom. The minimum absolute atomic E-state index is 0.0755. The van der Waals surface area contributed by atoms with E-state index in [1.165, 1.54) is 6.92 Å². The quantitative estimate of drug-likeness (QED) is 0.295. The van der Waals surface area contributed by atoms with Gasteiger partial charge < -0.3 is 18.9 Å². The average Bonchev–Trinajstić information content (AvgIpc) is 2.56. The van der Waals surface area contributed by atoms with E-state index in [0.29, 0.717) is 19.3 Å². The van der Waals surface area contributed by atoms with E-state index in [9.17, 15) is 19.2 Å². The zero-order valence-corrected chi connectivity index (χ0v) is 15.4. The van der Waals surface area contributed by atoms with Gasteiger partial charge in [-0.2, -0.15) is 0 Å². The van der Waals surface area contributed by atoms with Crippen molar-refractivity contribution in [3.05, 3.63) is 0 Å². The van der Waals surface area contributed by atoms with Crippen LogP contribution in [0.25, 0.3) is 0 Å². The summed E-state index contributed by atoms with van der Waals surface area (Å²) in [5.41, 5.74) is 0. The zero-order chi connectivity index (χ0) is 19.2. The number of carbonyl (C=O) groups excluding carboxylic acids is 4. The summed E-state index contributed by atoms with van der Waals surface area (Å²) in [6.45, 7) is 6.93. The molecule has 8 nitrogen and oxygen atoms in total. The minimum atomic E-state index is -0.952. The van der Waals surface area contributed by atoms with E-state index in [4.69, 9.17) is 18.9 Å². The molecular weight excluding hydrogens is 332 g/mol. The number of carbonyl (C=O) groups is 4. The van der Waals surface area contributed by atoms with Crippen LogP contribution in [-0.2, 0) is 38.1 Å². The highest BCUT2D eigenvalue weighted by molar-refractivity contribution is 5.80. The maximum absolute atomic E-state index is 11.7. The molecule has 0 aromatic rings. The van der Waals surface area contributed by atoms with Crippen LogP contribution >= 0.6 is 0 Å². The van der Waals surface area contributed by atoms with Gasteiger partial charge in [-0.05, 0) is 40.0 Å². The molecule has 0 amide bonds. The van der Waals surface area contributed by atoms with Crippen molar-refractivity contribution in [2.45, 2.75) is 72.0 Å². The first kappa shape index (κ1) is 22.9. The second kappa shape index (κ2) is 13.2. The summed E-state index contributed by atoms with van der Waals surface area (Å²) >= 11 is 0. The van der Waals surface area contributed by atoms with Crippen molar-refractivity contribution in [1.29, 1.82) is 0 Å². The van der Waals surface area contributed by atoms with Crippen LogP contribution in [0.1, 0.15) is 59.8 Å². The Hall–Kier alpha value is -2.12. The van der Waals surface area contributed by atoms with Crippen molar-refractivity contribution < 1.29 is 38.1 Å². The lowest BCUT2D eigenvalue weighted by atomic mass is 10.2. The molecule has 0 heterocycles. The van der Waals surface area contributed by atoms with Crippen LogP contribution < -0.4 is 0 Å². The molecule has 8 heteroatoms. The third kappa shape index (κ3) is 10.4. The van der Waals surface area contributed by atoms with E-state index in [1.54, 1.807) is 20.8 Å². The fourth-order valence-electron chi connectivity index (χ4n) is 1.85. The number of hydrogen-bond acceptors (Lipinski definition) is 8. The standard InChI is InChI=1S/C17H28O8/c1-5-13(17(21)23-7-3)25-15(19)11-9-8-10-14(18)24-12(4)16(20)22-6-2/h12-13H,5-11H2,1-4H3. The van der Waals surface area contributed by atoms with Gasteiger partial charge in [0, 0.05) is 12.8 Å². The topological polar surface area (TPSA) is 105 Å². The van der Waals surface area contributed by atoms with E-state index >= 15 is 0 Å². The van der Waals surface area contributed by atoms with E-state index in [2.05, 4.69) is 0 Å². The highest BCUT2D eigenvalue weighted by atomic mass is 16.6. The predicted molar refractivity (Wildman–Crippen MR) is 87.5 cm³/mol. The Morgan fingerprint density at radius 3 is 1.72 bits per heavy atom.